The first-order chi connectivity index (χ1) is 12.5. The molecule has 4 fully saturated rings. The zero-order valence-electron chi connectivity index (χ0n) is 15.0. The van der Waals surface area contributed by atoms with E-state index >= 15 is 0 Å². The summed E-state index contributed by atoms with van der Waals surface area (Å²) in [5.74, 6) is -1.77. The maximum absolute atomic E-state index is 13.2. The number of carbonyl (C=O) groups excluding carboxylic acids is 2. The summed E-state index contributed by atoms with van der Waals surface area (Å²) in [6, 6.07) is 0. The summed E-state index contributed by atoms with van der Waals surface area (Å²) in [5.41, 5.74) is -0.669. The molecule has 4 saturated carbocycles. The van der Waals surface area contributed by atoms with E-state index in [-0.39, 0.29) is 11.8 Å². The van der Waals surface area contributed by atoms with Crippen LogP contribution in [0.2, 0.25) is 0 Å². The number of ether oxygens (including phenoxy) is 2. The molecule has 0 unspecified atom stereocenters. The molecule has 0 saturated heterocycles. The van der Waals surface area contributed by atoms with Crippen LogP contribution in [0.5, 0.6) is 0 Å². The average Bonchev–Trinajstić information content (AvgIpc) is 2.55. The van der Waals surface area contributed by atoms with Gasteiger partial charge in [0.15, 0.2) is 6.61 Å². The molecule has 0 aromatic rings. The number of hydrogen-bond acceptors (Lipinski definition) is 6. The van der Waals surface area contributed by atoms with Gasteiger partial charge in [-0.3, -0.25) is 4.55 Å². The van der Waals surface area contributed by atoms with Crippen LogP contribution in [0, 0.1) is 23.7 Å². The lowest BCUT2D eigenvalue weighted by Gasteiger charge is -2.60. The first kappa shape index (κ1) is 20.4. The molecule has 4 aliphatic carbocycles. The lowest BCUT2D eigenvalue weighted by Crippen LogP contribution is -2.59. The lowest BCUT2D eigenvalue weighted by atomic mass is 9.49. The smallest absolute Gasteiger partial charge is 0.456 e. The summed E-state index contributed by atoms with van der Waals surface area (Å²) in [6.45, 7) is 0.856. The fourth-order valence-electron chi connectivity index (χ4n) is 5.55. The van der Waals surface area contributed by atoms with Crippen molar-refractivity contribution in [3.63, 3.8) is 0 Å². The number of alkyl halides is 2. The second kappa shape index (κ2) is 6.95. The molecule has 4 aliphatic rings. The molecule has 154 valence electrons. The van der Waals surface area contributed by atoms with Crippen LogP contribution in [0.25, 0.3) is 0 Å². The van der Waals surface area contributed by atoms with E-state index in [1.54, 1.807) is 0 Å². The van der Waals surface area contributed by atoms with Crippen molar-refractivity contribution in [1.29, 1.82) is 0 Å². The molecular formula is C17H24F2O7S. The monoisotopic (exact) mass is 410 g/mol. The molecule has 7 nitrogen and oxygen atoms in total. The van der Waals surface area contributed by atoms with E-state index in [1.165, 1.54) is 6.42 Å². The predicted octanol–water partition coefficient (Wildman–Crippen LogP) is 2.55. The molecule has 0 radical (unpaired) electrons. The van der Waals surface area contributed by atoms with Gasteiger partial charge in [-0.15, -0.1) is 0 Å². The molecule has 0 heterocycles. The van der Waals surface area contributed by atoms with Crippen molar-refractivity contribution < 1.29 is 40.8 Å². The van der Waals surface area contributed by atoms with E-state index in [2.05, 4.69) is 4.74 Å². The molecule has 0 atom stereocenters. The van der Waals surface area contributed by atoms with Crippen LogP contribution in [0.1, 0.15) is 51.9 Å². The van der Waals surface area contributed by atoms with E-state index < -0.39 is 39.5 Å². The molecule has 1 N–H and O–H groups in total. The van der Waals surface area contributed by atoms with Crippen molar-refractivity contribution in [2.24, 2.45) is 23.7 Å². The Morgan fingerprint density at radius 1 is 1.11 bits per heavy atom. The fourth-order valence-corrected chi connectivity index (χ4v) is 5.82. The van der Waals surface area contributed by atoms with Crippen LogP contribution in [-0.4, -0.2) is 42.4 Å². The van der Waals surface area contributed by atoms with Crippen molar-refractivity contribution in [3.8, 4) is 0 Å². The van der Waals surface area contributed by atoms with Crippen LogP contribution < -0.4 is 0 Å². The van der Waals surface area contributed by atoms with Gasteiger partial charge in [-0.25, -0.2) is 9.59 Å². The van der Waals surface area contributed by atoms with Gasteiger partial charge in [0.25, 0.3) is 0 Å². The van der Waals surface area contributed by atoms with Gasteiger partial charge in [-0.05, 0) is 62.2 Å². The van der Waals surface area contributed by atoms with Gasteiger partial charge in [0.2, 0.25) is 0 Å². The molecule has 4 rings (SSSR count). The Balaban J connectivity index is 1.66. The fraction of sp³-hybridized carbons (Fsp3) is 0.882. The number of rotatable bonds is 7. The third-order valence-corrected chi connectivity index (χ3v) is 7.16. The summed E-state index contributed by atoms with van der Waals surface area (Å²) >= 11 is 0. The Hall–Kier alpha value is -1.29. The highest BCUT2D eigenvalue weighted by molar-refractivity contribution is 7.87. The van der Waals surface area contributed by atoms with Crippen LogP contribution >= 0.6 is 0 Å². The summed E-state index contributed by atoms with van der Waals surface area (Å²) < 4.78 is 65.7. The summed E-state index contributed by atoms with van der Waals surface area (Å²) in [6.07, 6.45) is 6.55. The highest BCUT2D eigenvalue weighted by atomic mass is 32.2. The van der Waals surface area contributed by atoms with E-state index in [0.717, 1.165) is 32.1 Å². The maximum Gasteiger partial charge on any atom is 0.465 e. The minimum atomic E-state index is -5.97. The van der Waals surface area contributed by atoms with Crippen LogP contribution in [-0.2, 0) is 29.2 Å². The van der Waals surface area contributed by atoms with Crippen LogP contribution in [0.3, 0.4) is 0 Å². The Morgan fingerprint density at radius 3 is 2.07 bits per heavy atom. The number of esters is 2. The molecule has 0 aliphatic heterocycles. The van der Waals surface area contributed by atoms with Crippen molar-refractivity contribution >= 4 is 22.1 Å². The number of halogens is 2. The molecule has 4 bridgehead atoms. The van der Waals surface area contributed by atoms with E-state index in [1.807, 2.05) is 6.92 Å². The van der Waals surface area contributed by atoms with Crippen molar-refractivity contribution in [2.45, 2.75) is 62.7 Å². The predicted molar refractivity (Wildman–Crippen MR) is 88.2 cm³/mol. The van der Waals surface area contributed by atoms with Crippen molar-refractivity contribution in [3.05, 3.63) is 0 Å². The largest absolute Gasteiger partial charge is 0.465 e. The van der Waals surface area contributed by atoms with Gasteiger partial charge in [0, 0.05) is 0 Å². The topological polar surface area (TPSA) is 107 Å². The van der Waals surface area contributed by atoms with E-state index in [0.29, 0.717) is 18.3 Å². The Bertz CT molecular complexity index is 691. The highest BCUT2D eigenvalue weighted by Crippen LogP contribution is 2.61. The normalized spacial score (nSPS) is 35.1. The number of hydrogen-bond donors (Lipinski definition) is 1. The third kappa shape index (κ3) is 3.57. The molecular weight excluding hydrogens is 386 g/mol. The zero-order chi connectivity index (χ0) is 20.0. The van der Waals surface area contributed by atoms with E-state index in [9.17, 15) is 26.8 Å². The minimum Gasteiger partial charge on any atom is -0.456 e. The highest BCUT2D eigenvalue weighted by Gasteiger charge is 2.59. The van der Waals surface area contributed by atoms with Gasteiger partial charge in [0.1, 0.15) is 5.60 Å². The van der Waals surface area contributed by atoms with Gasteiger partial charge >= 0.3 is 27.3 Å². The average molecular weight is 410 g/mol. The van der Waals surface area contributed by atoms with Crippen molar-refractivity contribution in [2.75, 3.05) is 6.61 Å². The SMILES string of the molecule is CCCC1(OC(=O)COC(=O)C(F)(F)S(=O)(=O)O)C2CC3CC(C2)CC1C3. The Morgan fingerprint density at radius 2 is 1.63 bits per heavy atom. The molecule has 0 aromatic carbocycles. The first-order valence-electron chi connectivity index (χ1n) is 9.23. The van der Waals surface area contributed by atoms with Crippen LogP contribution in [0.15, 0.2) is 0 Å². The van der Waals surface area contributed by atoms with Gasteiger partial charge in [-0.2, -0.15) is 17.2 Å². The van der Waals surface area contributed by atoms with Crippen LogP contribution in [0.4, 0.5) is 8.78 Å². The Labute approximate surface area is 156 Å². The molecule has 27 heavy (non-hydrogen) atoms. The standard InChI is InChI=1S/C17H24F2O7S/c1-2-3-16(12-5-10-4-11(7-12)8-13(16)6-10)26-14(20)9-25-15(21)17(18,19)27(22,23)24/h10-13H,2-9H2,1H3,(H,22,23,24). The second-order valence-corrected chi connectivity index (χ2v) is 9.51. The quantitative estimate of drug-likeness (QED) is 0.508. The Kier molecular flexibility index (Phi) is 5.26. The van der Waals surface area contributed by atoms with E-state index in [4.69, 9.17) is 9.29 Å². The molecule has 0 aromatic heterocycles. The summed E-state index contributed by atoms with van der Waals surface area (Å²) in [5, 5.41) is -5.13. The summed E-state index contributed by atoms with van der Waals surface area (Å²) in [7, 11) is -5.97. The number of carbonyl (C=O) groups is 2. The lowest BCUT2D eigenvalue weighted by molar-refractivity contribution is -0.216. The molecule has 0 amide bonds. The maximum atomic E-state index is 13.2. The summed E-state index contributed by atoms with van der Waals surface area (Å²) in [4.78, 5) is 23.5. The zero-order valence-corrected chi connectivity index (χ0v) is 15.8. The second-order valence-electron chi connectivity index (χ2n) is 8.05. The minimum absolute atomic E-state index is 0.215. The van der Waals surface area contributed by atoms with Gasteiger partial charge in [-0.1, -0.05) is 13.3 Å². The molecule has 0 spiro atoms. The van der Waals surface area contributed by atoms with Gasteiger partial charge in [0.05, 0.1) is 0 Å². The third-order valence-electron chi connectivity index (χ3n) is 6.35. The molecule has 10 heteroatoms. The first-order valence-corrected chi connectivity index (χ1v) is 10.7. The van der Waals surface area contributed by atoms with Crippen molar-refractivity contribution in [1.82, 2.24) is 0 Å². The van der Waals surface area contributed by atoms with Gasteiger partial charge < -0.3 is 9.47 Å².